The smallest absolute Gasteiger partial charge is 0.241 e. The molecule has 136 valence electrons. The molecule has 7 nitrogen and oxygen atoms in total. The van der Waals surface area contributed by atoms with Crippen LogP contribution in [0.25, 0.3) is 11.4 Å². The molecule has 0 spiro atoms. The molecular formula is C19H24N6O. The van der Waals surface area contributed by atoms with Crippen LogP contribution in [0.1, 0.15) is 17.7 Å². The maximum absolute atomic E-state index is 12.8. The number of hydrazine groups is 1. The number of hydrogen-bond acceptors (Lipinski definition) is 6. The van der Waals surface area contributed by atoms with Crippen molar-refractivity contribution >= 4 is 11.7 Å². The van der Waals surface area contributed by atoms with Gasteiger partial charge in [-0.2, -0.15) is 0 Å². The molecule has 2 aromatic rings. The molecule has 1 aromatic heterocycles. The van der Waals surface area contributed by atoms with Crippen molar-refractivity contribution in [2.75, 3.05) is 32.1 Å². The van der Waals surface area contributed by atoms with Gasteiger partial charge in [-0.05, 0) is 12.8 Å². The van der Waals surface area contributed by atoms with Gasteiger partial charge in [0.1, 0.15) is 11.9 Å². The number of carbonyl (C=O) groups is 1. The highest BCUT2D eigenvalue weighted by Crippen LogP contribution is 2.28. The summed E-state index contributed by atoms with van der Waals surface area (Å²) >= 11 is 0. The maximum atomic E-state index is 12.8. The van der Waals surface area contributed by atoms with Gasteiger partial charge < -0.3 is 9.80 Å². The van der Waals surface area contributed by atoms with Crippen LogP contribution >= 0.6 is 0 Å². The molecule has 26 heavy (non-hydrogen) atoms. The molecule has 0 aliphatic carbocycles. The van der Waals surface area contributed by atoms with Crippen LogP contribution in [0.4, 0.5) is 5.82 Å². The number of rotatable bonds is 3. The molecule has 1 saturated heterocycles. The van der Waals surface area contributed by atoms with Crippen molar-refractivity contribution in [3.63, 3.8) is 0 Å². The number of fused-ring (bicyclic) bond motifs is 1. The first kappa shape index (κ1) is 16.9. The highest BCUT2D eigenvalue weighted by atomic mass is 16.2. The molecule has 1 amide bonds. The molecule has 1 fully saturated rings. The van der Waals surface area contributed by atoms with Crippen LogP contribution in [-0.2, 0) is 17.8 Å². The second kappa shape index (κ2) is 7.01. The Labute approximate surface area is 153 Å². The first-order valence-electron chi connectivity index (χ1n) is 9.03. The van der Waals surface area contributed by atoms with Crippen LogP contribution < -0.4 is 15.8 Å². The maximum Gasteiger partial charge on any atom is 0.241 e. The zero-order chi connectivity index (χ0) is 18.1. The third-order valence-electron chi connectivity index (χ3n) is 4.94. The molecule has 0 saturated carbocycles. The quantitative estimate of drug-likeness (QED) is 0.857. The van der Waals surface area contributed by atoms with E-state index in [1.54, 1.807) is 0 Å². The number of anilines is 1. The number of benzene rings is 1. The standard InChI is InChI=1S/C19H24N6O/c1-24(2)18-14-9-11-25(19(26)15-8-10-20-23-15)12-16(14)21-17(22-18)13-6-4-3-5-7-13/h3-7,15,20,23H,8-12H2,1-2H3. The lowest BCUT2D eigenvalue weighted by Crippen LogP contribution is -2.47. The minimum Gasteiger partial charge on any atom is -0.362 e. The van der Waals surface area contributed by atoms with Crippen LogP contribution in [0.2, 0.25) is 0 Å². The Bertz CT molecular complexity index is 801. The van der Waals surface area contributed by atoms with Crippen LogP contribution in [0.15, 0.2) is 30.3 Å². The van der Waals surface area contributed by atoms with Gasteiger partial charge in [-0.15, -0.1) is 0 Å². The molecule has 2 aliphatic heterocycles. The van der Waals surface area contributed by atoms with Crippen LogP contribution in [0, 0.1) is 0 Å². The van der Waals surface area contributed by atoms with Gasteiger partial charge in [-0.1, -0.05) is 30.3 Å². The van der Waals surface area contributed by atoms with E-state index in [1.165, 1.54) is 0 Å². The van der Waals surface area contributed by atoms with E-state index in [2.05, 4.69) is 10.9 Å². The van der Waals surface area contributed by atoms with Crippen molar-refractivity contribution in [1.82, 2.24) is 25.7 Å². The average molecular weight is 352 g/mol. The van der Waals surface area contributed by atoms with E-state index >= 15 is 0 Å². The summed E-state index contributed by atoms with van der Waals surface area (Å²) in [5, 5.41) is 0. The third kappa shape index (κ3) is 3.15. The summed E-state index contributed by atoms with van der Waals surface area (Å²) in [6.45, 7) is 2.07. The first-order chi connectivity index (χ1) is 12.6. The molecule has 2 N–H and O–H groups in total. The normalized spacial score (nSPS) is 19.3. The summed E-state index contributed by atoms with van der Waals surface area (Å²) in [5.74, 6) is 1.80. The topological polar surface area (TPSA) is 73.4 Å². The molecule has 0 bridgehead atoms. The number of hydrogen-bond donors (Lipinski definition) is 2. The fourth-order valence-corrected chi connectivity index (χ4v) is 3.57. The Morgan fingerprint density at radius 3 is 2.73 bits per heavy atom. The lowest BCUT2D eigenvalue weighted by atomic mass is 10.0. The molecule has 1 atom stereocenters. The fraction of sp³-hybridized carbons (Fsp3) is 0.421. The summed E-state index contributed by atoms with van der Waals surface area (Å²) in [6, 6.07) is 9.85. The van der Waals surface area contributed by atoms with Crippen LogP contribution in [0.3, 0.4) is 0 Å². The summed E-state index contributed by atoms with van der Waals surface area (Å²) < 4.78 is 0. The number of amides is 1. The summed E-state index contributed by atoms with van der Waals surface area (Å²) in [4.78, 5) is 26.3. The monoisotopic (exact) mass is 352 g/mol. The predicted molar refractivity (Wildman–Crippen MR) is 100 cm³/mol. The number of carbonyl (C=O) groups excluding carboxylic acids is 1. The Morgan fingerprint density at radius 1 is 1.23 bits per heavy atom. The summed E-state index contributed by atoms with van der Waals surface area (Å²) in [7, 11) is 4.01. The van der Waals surface area contributed by atoms with Crippen molar-refractivity contribution < 1.29 is 4.79 Å². The number of aromatic nitrogens is 2. The van der Waals surface area contributed by atoms with Gasteiger partial charge in [-0.3, -0.25) is 10.2 Å². The van der Waals surface area contributed by atoms with Crippen LogP contribution in [-0.4, -0.2) is 54.0 Å². The summed E-state index contributed by atoms with van der Waals surface area (Å²) in [6.07, 6.45) is 1.61. The van der Waals surface area contributed by atoms with E-state index in [9.17, 15) is 4.79 Å². The van der Waals surface area contributed by atoms with E-state index in [1.807, 2.05) is 54.2 Å². The minimum absolute atomic E-state index is 0.139. The lowest BCUT2D eigenvalue weighted by molar-refractivity contribution is -0.134. The Kier molecular flexibility index (Phi) is 4.57. The van der Waals surface area contributed by atoms with E-state index in [0.29, 0.717) is 18.9 Å². The predicted octanol–water partition coefficient (Wildman–Crippen LogP) is 0.961. The second-order valence-electron chi connectivity index (χ2n) is 6.98. The van der Waals surface area contributed by atoms with Gasteiger partial charge in [0.25, 0.3) is 0 Å². The van der Waals surface area contributed by atoms with E-state index in [0.717, 1.165) is 42.0 Å². The van der Waals surface area contributed by atoms with E-state index in [-0.39, 0.29) is 11.9 Å². The van der Waals surface area contributed by atoms with Crippen molar-refractivity contribution in [2.24, 2.45) is 0 Å². The van der Waals surface area contributed by atoms with Gasteiger partial charge in [0.2, 0.25) is 5.91 Å². The highest BCUT2D eigenvalue weighted by Gasteiger charge is 2.31. The minimum atomic E-state index is -0.139. The van der Waals surface area contributed by atoms with Gasteiger partial charge in [-0.25, -0.2) is 15.4 Å². The van der Waals surface area contributed by atoms with Gasteiger partial charge >= 0.3 is 0 Å². The van der Waals surface area contributed by atoms with E-state index in [4.69, 9.17) is 9.97 Å². The molecule has 1 unspecified atom stereocenters. The molecule has 1 aromatic carbocycles. The third-order valence-corrected chi connectivity index (χ3v) is 4.94. The fourth-order valence-electron chi connectivity index (χ4n) is 3.57. The zero-order valence-corrected chi connectivity index (χ0v) is 15.2. The van der Waals surface area contributed by atoms with Crippen molar-refractivity contribution in [3.8, 4) is 11.4 Å². The summed E-state index contributed by atoms with van der Waals surface area (Å²) in [5.41, 5.74) is 9.19. The van der Waals surface area contributed by atoms with Crippen molar-refractivity contribution in [3.05, 3.63) is 41.6 Å². The zero-order valence-electron chi connectivity index (χ0n) is 15.2. The molecule has 2 aliphatic rings. The first-order valence-corrected chi connectivity index (χ1v) is 9.03. The largest absolute Gasteiger partial charge is 0.362 e. The lowest BCUT2D eigenvalue weighted by Gasteiger charge is -2.32. The number of nitrogens with zero attached hydrogens (tertiary/aromatic N) is 4. The number of nitrogens with one attached hydrogen (secondary N) is 2. The molecule has 0 radical (unpaired) electrons. The van der Waals surface area contributed by atoms with Crippen molar-refractivity contribution in [1.29, 1.82) is 0 Å². The Balaban J connectivity index is 1.68. The van der Waals surface area contributed by atoms with E-state index < -0.39 is 0 Å². The average Bonchev–Trinajstić information content (AvgIpc) is 3.21. The Morgan fingerprint density at radius 2 is 2.04 bits per heavy atom. The Hall–Kier alpha value is -2.51. The molecular weight excluding hydrogens is 328 g/mol. The van der Waals surface area contributed by atoms with Crippen LogP contribution in [0.5, 0.6) is 0 Å². The SMILES string of the molecule is CN(C)c1nc(-c2ccccc2)nc2c1CCN(C(=O)C1CCNN1)C2. The molecule has 3 heterocycles. The van der Waals surface area contributed by atoms with Gasteiger partial charge in [0, 0.05) is 38.3 Å². The van der Waals surface area contributed by atoms with Crippen molar-refractivity contribution in [2.45, 2.75) is 25.4 Å². The second-order valence-corrected chi connectivity index (χ2v) is 6.98. The highest BCUT2D eigenvalue weighted by molar-refractivity contribution is 5.82. The molecule has 4 rings (SSSR count). The molecule has 7 heteroatoms. The van der Waals surface area contributed by atoms with Gasteiger partial charge in [0.15, 0.2) is 5.82 Å². The van der Waals surface area contributed by atoms with Gasteiger partial charge in [0.05, 0.1) is 12.2 Å².